The van der Waals surface area contributed by atoms with Crippen LogP contribution in [0.15, 0.2) is 46.9 Å². The van der Waals surface area contributed by atoms with Crippen LogP contribution >= 0.6 is 39.1 Å². The zero-order valence-electron chi connectivity index (χ0n) is 9.08. The van der Waals surface area contributed by atoms with Gasteiger partial charge in [0, 0.05) is 15.1 Å². The lowest BCUT2D eigenvalue weighted by atomic mass is 10.2. The fourth-order valence-electron chi connectivity index (χ4n) is 1.39. The highest BCUT2D eigenvalue weighted by Crippen LogP contribution is 2.26. The van der Waals surface area contributed by atoms with Crippen LogP contribution in [-0.2, 0) is 0 Å². The third-order valence-corrected chi connectivity index (χ3v) is 3.38. The van der Waals surface area contributed by atoms with E-state index in [1.807, 2.05) is 0 Å². The van der Waals surface area contributed by atoms with Gasteiger partial charge in [-0.1, -0.05) is 39.1 Å². The van der Waals surface area contributed by atoms with E-state index in [0.717, 1.165) is 4.47 Å². The van der Waals surface area contributed by atoms with Gasteiger partial charge in [0.1, 0.15) is 0 Å². The van der Waals surface area contributed by atoms with Crippen LogP contribution in [0.5, 0.6) is 0 Å². The predicted molar refractivity (Wildman–Crippen MR) is 78.6 cm³/mol. The third-order valence-electron chi connectivity index (χ3n) is 2.28. The maximum absolute atomic E-state index is 12.0. The van der Waals surface area contributed by atoms with Crippen LogP contribution in [-0.4, -0.2) is 5.91 Å². The van der Waals surface area contributed by atoms with Crippen molar-refractivity contribution in [2.24, 2.45) is 0 Å². The summed E-state index contributed by atoms with van der Waals surface area (Å²) in [5, 5.41) is 3.68. The van der Waals surface area contributed by atoms with E-state index in [4.69, 9.17) is 23.2 Å². The summed E-state index contributed by atoms with van der Waals surface area (Å²) in [7, 11) is 0. The lowest BCUT2D eigenvalue weighted by Gasteiger charge is -2.07. The van der Waals surface area contributed by atoms with Crippen molar-refractivity contribution in [2.75, 3.05) is 5.32 Å². The molecule has 0 aliphatic heterocycles. The van der Waals surface area contributed by atoms with E-state index < -0.39 is 0 Å². The van der Waals surface area contributed by atoms with E-state index in [1.165, 1.54) is 0 Å². The Labute approximate surface area is 123 Å². The molecule has 0 aromatic heterocycles. The molecular weight excluding hydrogens is 337 g/mol. The highest BCUT2D eigenvalue weighted by atomic mass is 79.9. The van der Waals surface area contributed by atoms with Crippen LogP contribution in [0.4, 0.5) is 5.69 Å². The molecule has 0 aliphatic rings. The molecule has 1 amide bonds. The minimum atomic E-state index is -0.230. The third kappa shape index (κ3) is 3.25. The lowest BCUT2D eigenvalue weighted by molar-refractivity contribution is 0.102. The molecule has 2 aromatic carbocycles. The second-order valence-electron chi connectivity index (χ2n) is 3.59. The van der Waals surface area contributed by atoms with Gasteiger partial charge in [-0.15, -0.1) is 0 Å². The second-order valence-corrected chi connectivity index (χ2v) is 5.34. The van der Waals surface area contributed by atoms with E-state index in [0.29, 0.717) is 21.3 Å². The molecule has 0 radical (unpaired) electrons. The Hall–Kier alpha value is -1.03. The van der Waals surface area contributed by atoms with Crippen LogP contribution in [0, 0.1) is 0 Å². The number of amides is 1. The molecule has 0 bridgehead atoms. The maximum Gasteiger partial charge on any atom is 0.255 e. The van der Waals surface area contributed by atoms with Crippen molar-refractivity contribution in [3.05, 3.63) is 62.5 Å². The second kappa shape index (κ2) is 5.74. The fourth-order valence-corrected chi connectivity index (χ4v) is 1.99. The molecule has 2 nitrogen and oxygen atoms in total. The summed E-state index contributed by atoms with van der Waals surface area (Å²) in [6.45, 7) is 0. The fraction of sp³-hybridized carbons (Fsp3) is 0. The molecule has 0 fully saturated rings. The minimum Gasteiger partial charge on any atom is -0.321 e. The van der Waals surface area contributed by atoms with Crippen LogP contribution in [0.2, 0.25) is 10.0 Å². The van der Waals surface area contributed by atoms with E-state index >= 15 is 0 Å². The maximum atomic E-state index is 12.0. The molecule has 0 heterocycles. The van der Waals surface area contributed by atoms with Gasteiger partial charge in [-0.05, 0) is 42.5 Å². The first kappa shape index (κ1) is 13.4. The van der Waals surface area contributed by atoms with Gasteiger partial charge in [-0.2, -0.15) is 0 Å². The number of carbonyl (C=O) groups excluding carboxylic acids is 1. The minimum absolute atomic E-state index is 0.230. The Kier molecular flexibility index (Phi) is 4.27. The molecule has 92 valence electrons. The average Bonchev–Trinajstić information content (AvgIpc) is 2.34. The molecule has 0 aliphatic carbocycles. The number of benzene rings is 2. The SMILES string of the molecule is O=C(Nc1cc(Cl)ccc1Cl)c1ccc(Br)cc1. The van der Waals surface area contributed by atoms with Crippen LogP contribution < -0.4 is 5.32 Å². The Bertz CT molecular complexity index is 584. The van der Waals surface area contributed by atoms with Crippen molar-refractivity contribution in [2.45, 2.75) is 0 Å². The van der Waals surface area contributed by atoms with Crippen molar-refractivity contribution in [3.63, 3.8) is 0 Å². The first-order valence-electron chi connectivity index (χ1n) is 5.08. The summed E-state index contributed by atoms with van der Waals surface area (Å²) >= 11 is 15.1. The Morgan fingerprint density at radius 3 is 2.39 bits per heavy atom. The molecule has 5 heteroatoms. The van der Waals surface area contributed by atoms with E-state index in [-0.39, 0.29) is 5.91 Å². The summed E-state index contributed by atoms with van der Waals surface area (Å²) in [6.07, 6.45) is 0. The predicted octanol–water partition coefficient (Wildman–Crippen LogP) is 5.01. The monoisotopic (exact) mass is 343 g/mol. The highest BCUT2D eigenvalue weighted by Gasteiger charge is 2.08. The Morgan fingerprint density at radius 2 is 1.72 bits per heavy atom. The van der Waals surface area contributed by atoms with E-state index in [9.17, 15) is 4.79 Å². The molecule has 0 atom stereocenters. The van der Waals surface area contributed by atoms with Crippen molar-refractivity contribution < 1.29 is 4.79 Å². The lowest BCUT2D eigenvalue weighted by Crippen LogP contribution is -2.11. The largest absolute Gasteiger partial charge is 0.321 e. The average molecular weight is 345 g/mol. The zero-order valence-corrected chi connectivity index (χ0v) is 12.2. The van der Waals surface area contributed by atoms with Gasteiger partial charge in [0.25, 0.3) is 5.91 Å². The molecule has 2 aromatic rings. The number of halogens is 3. The topological polar surface area (TPSA) is 29.1 Å². The van der Waals surface area contributed by atoms with Crippen LogP contribution in [0.25, 0.3) is 0 Å². The first-order chi connectivity index (χ1) is 8.56. The molecular formula is C13H8BrCl2NO. The van der Waals surface area contributed by atoms with E-state index in [2.05, 4.69) is 21.2 Å². The molecule has 0 saturated carbocycles. The van der Waals surface area contributed by atoms with Crippen LogP contribution in [0.3, 0.4) is 0 Å². The number of hydrogen-bond acceptors (Lipinski definition) is 1. The Balaban J connectivity index is 2.21. The number of anilines is 1. The van der Waals surface area contributed by atoms with E-state index in [1.54, 1.807) is 42.5 Å². The highest BCUT2D eigenvalue weighted by molar-refractivity contribution is 9.10. The van der Waals surface area contributed by atoms with Crippen molar-refractivity contribution in [1.82, 2.24) is 0 Å². The summed E-state index contributed by atoms with van der Waals surface area (Å²) < 4.78 is 0.917. The summed E-state index contributed by atoms with van der Waals surface area (Å²) in [4.78, 5) is 12.0. The zero-order chi connectivity index (χ0) is 13.1. The number of nitrogens with one attached hydrogen (secondary N) is 1. The molecule has 18 heavy (non-hydrogen) atoms. The van der Waals surface area contributed by atoms with Gasteiger partial charge >= 0.3 is 0 Å². The molecule has 2 rings (SSSR count). The van der Waals surface area contributed by atoms with Gasteiger partial charge in [-0.3, -0.25) is 4.79 Å². The number of hydrogen-bond donors (Lipinski definition) is 1. The van der Waals surface area contributed by atoms with Crippen molar-refractivity contribution in [1.29, 1.82) is 0 Å². The summed E-state index contributed by atoms with van der Waals surface area (Å²) in [5.41, 5.74) is 1.05. The van der Waals surface area contributed by atoms with Gasteiger partial charge < -0.3 is 5.32 Å². The normalized spacial score (nSPS) is 10.2. The van der Waals surface area contributed by atoms with Crippen LogP contribution in [0.1, 0.15) is 10.4 Å². The van der Waals surface area contributed by atoms with Gasteiger partial charge in [-0.25, -0.2) is 0 Å². The quantitative estimate of drug-likeness (QED) is 0.815. The van der Waals surface area contributed by atoms with Crippen molar-refractivity contribution >= 4 is 50.7 Å². The first-order valence-corrected chi connectivity index (χ1v) is 6.63. The molecule has 0 saturated heterocycles. The van der Waals surface area contributed by atoms with Gasteiger partial charge in [0.15, 0.2) is 0 Å². The summed E-state index contributed by atoms with van der Waals surface area (Å²) in [5.74, 6) is -0.230. The van der Waals surface area contributed by atoms with Crippen molar-refractivity contribution in [3.8, 4) is 0 Å². The number of rotatable bonds is 2. The number of carbonyl (C=O) groups is 1. The van der Waals surface area contributed by atoms with Gasteiger partial charge in [0.2, 0.25) is 0 Å². The summed E-state index contributed by atoms with van der Waals surface area (Å²) in [6, 6.07) is 12.0. The van der Waals surface area contributed by atoms with Gasteiger partial charge in [0.05, 0.1) is 10.7 Å². The molecule has 0 spiro atoms. The smallest absolute Gasteiger partial charge is 0.255 e. The Morgan fingerprint density at radius 1 is 1.06 bits per heavy atom. The standard InChI is InChI=1S/C13H8BrCl2NO/c14-9-3-1-8(2-4-9)13(18)17-12-7-10(15)5-6-11(12)16/h1-7H,(H,17,18). The molecule has 0 unspecified atom stereocenters. The molecule has 1 N–H and O–H groups in total.